The van der Waals surface area contributed by atoms with Gasteiger partial charge >= 0.3 is 0 Å². The molecule has 0 spiro atoms. The van der Waals surface area contributed by atoms with Crippen LogP contribution in [-0.2, 0) is 11.2 Å². The van der Waals surface area contributed by atoms with E-state index in [9.17, 15) is 0 Å². The number of rotatable bonds is 2. The van der Waals surface area contributed by atoms with Crippen molar-refractivity contribution < 1.29 is 0 Å². The van der Waals surface area contributed by atoms with Gasteiger partial charge in [0.25, 0.3) is 0 Å². The van der Waals surface area contributed by atoms with E-state index >= 15 is 0 Å². The molecule has 0 atom stereocenters. The summed E-state index contributed by atoms with van der Waals surface area (Å²) in [6.07, 6.45) is 8.92. The van der Waals surface area contributed by atoms with Gasteiger partial charge in [-0.1, -0.05) is 36.9 Å². The second-order valence-electron chi connectivity index (χ2n) is 7.00. The fourth-order valence-electron chi connectivity index (χ4n) is 5.60. The van der Waals surface area contributed by atoms with Gasteiger partial charge in [0, 0.05) is 5.75 Å². The second kappa shape index (κ2) is 4.03. The van der Waals surface area contributed by atoms with Crippen LogP contribution >= 0.6 is 12.6 Å². The maximum absolute atomic E-state index is 5.36. The summed E-state index contributed by atoms with van der Waals surface area (Å²) in [6, 6.07) is 9.03. The summed E-state index contributed by atoms with van der Waals surface area (Å²) in [6.45, 7) is 0. The zero-order valence-corrected chi connectivity index (χ0v) is 11.7. The Balaban J connectivity index is 1.79. The van der Waals surface area contributed by atoms with Crippen LogP contribution < -0.4 is 0 Å². The fraction of sp³-hybridized carbons (Fsp3) is 0.647. The zero-order chi connectivity index (χ0) is 12.2. The molecule has 1 aromatic rings. The molecular weight excluding hydrogens is 236 g/mol. The van der Waals surface area contributed by atoms with Gasteiger partial charge in [-0.3, -0.25) is 0 Å². The van der Waals surface area contributed by atoms with Crippen molar-refractivity contribution in [3.8, 4) is 0 Å². The van der Waals surface area contributed by atoms with Gasteiger partial charge < -0.3 is 0 Å². The highest BCUT2D eigenvalue weighted by atomic mass is 32.1. The molecule has 0 heterocycles. The maximum atomic E-state index is 5.36. The molecule has 0 unspecified atom stereocenters. The first-order valence-electron chi connectivity index (χ1n) is 7.45. The van der Waals surface area contributed by atoms with Crippen LogP contribution in [0.15, 0.2) is 24.3 Å². The van der Waals surface area contributed by atoms with Crippen LogP contribution in [0.2, 0.25) is 0 Å². The molecule has 4 saturated carbocycles. The van der Waals surface area contributed by atoms with Crippen LogP contribution in [0, 0.1) is 17.8 Å². The van der Waals surface area contributed by atoms with Crippen molar-refractivity contribution in [1.29, 1.82) is 0 Å². The molecule has 4 aliphatic carbocycles. The maximum Gasteiger partial charge on any atom is 0.0291 e. The largest absolute Gasteiger partial charge is 0.0890 e. The van der Waals surface area contributed by atoms with Crippen LogP contribution in [0.4, 0.5) is 0 Å². The molecule has 0 nitrogen and oxygen atoms in total. The monoisotopic (exact) mass is 257 g/mol. The molecule has 1 heteroatoms. The Hall–Kier alpha value is -0.430. The summed E-state index contributed by atoms with van der Waals surface area (Å²) in [4.78, 5) is 0. The minimum Gasteiger partial charge on any atom is -0.0890 e. The predicted octanol–water partition coefficient (Wildman–Crippen LogP) is 4.85. The third-order valence-electron chi connectivity index (χ3n) is 5.78. The van der Waals surface area contributed by atoms with Gasteiger partial charge in [-0.25, -0.2) is 0 Å². The molecule has 4 fully saturated rings. The third-order valence-corrected chi connectivity index (χ3v) is 6.09. The zero-order valence-electron chi connectivity index (χ0n) is 10.9. The standard InChI is InChI=1S/C17H21S/c18-11-15-3-1-2-4-16(15)17-8-12-5-13(9-17)7-14(6-12)10-17/h1-4,12-14H,5-11H2. The highest BCUT2D eigenvalue weighted by Crippen LogP contribution is 2.61. The first kappa shape index (κ1) is 11.4. The van der Waals surface area contributed by atoms with E-state index in [2.05, 4.69) is 24.3 Å². The lowest BCUT2D eigenvalue weighted by atomic mass is 9.47. The van der Waals surface area contributed by atoms with Crippen molar-refractivity contribution in [3.05, 3.63) is 35.4 Å². The Morgan fingerprint density at radius 2 is 1.50 bits per heavy atom. The third kappa shape index (κ3) is 1.59. The number of hydrogen-bond donors (Lipinski definition) is 0. The summed E-state index contributed by atoms with van der Waals surface area (Å²) in [5.41, 5.74) is 3.58. The van der Waals surface area contributed by atoms with Crippen molar-refractivity contribution in [2.24, 2.45) is 17.8 Å². The minimum absolute atomic E-state index is 0.518. The predicted molar refractivity (Wildman–Crippen MR) is 77.6 cm³/mol. The molecule has 0 amide bonds. The van der Waals surface area contributed by atoms with Crippen LogP contribution in [0.5, 0.6) is 0 Å². The SMILES string of the molecule is [S]Cc1ccccc1C12CC3CC(CC(C3)C1)C2. The van der Waals surface area contributed by atoms with E-state index in [1.54, 1.807) is 5.56 Å². The van der Waals surface area contributed by atoms with Crippen molar-refractivity contribution in [1.82, 2.24) is 0 Å². The Labute approximate surface area is 116 Å². The molecular formula is C17H21S. The van der Waals surface area contributed by atoms with Gasteiger partial charge in [0.2, 0.25) is 0 Å². The average molecular weight is 257 g/mol. The van der Waals surface area contributed by atoms with Crippen molar-refractivity contribution >= 4 is 12.6 Å². The molecule has 4 aliphatic rings. The molecule has 18 heavy (non-hydrogen) atoms. The summed E-state index contributed by atoms with van der Waals surface area (Å²) in [7, 11) is 0. The van der Waals surface area contributed by atoms with Crippen LogP contribution in [0.3, 0.4) is 0 Å². The van der Waals surface area contributed by atoms with E-state index < -0.39 is 0 Å². The van der Waals surface area contributed by atoms with Crippen molar-refractivity contribution in [2.75, 3.05) is 0 Å². The molecule has 1 aromatic carbocycles. The van der Waals surface area contributed by atoms with Crippen LogP contribution in [0.25, 0.3) is 0 Å². The Morgan fingerprint density at radius 3 is 2.06 bits per heavy atom. The molecule has 0 N–H and O–H groups in total. The summed E-state index contributed by atoms with van der Waals surface area (Å²) in [5, 5.41) is 0. The normalized spacial score (nSPS) is 41.3. The minimum atomic E-state index is 0.518. The molecule has 95 valence electrons. The van der Waals surface area contributed by atoms with E-state index in [0.717, 1.165) is 23.5 Å². The lowest BCUT2D eigenvalue weighted by Crippen LogP contribution is -2.48. The molecule has 1 radical (unpaired) electrons. The van der Waals surface area contributed by atoms with Crippen molar-refractivity contribution in [2.45, 2.75) is 49.7 Å². The van der Waals surface area contributed by atoms with E-state index in [1.165, 1.54) is 44.1 Å². The fourth-order valence-corrected chi connectivity index (χ4v) is 5.86. The van der Waals surface area contributed by atoms with E-state index in [1.807, 2.05) is 0 Å². The van der Waals surface area contributed by atoms with Gasteiger partial charge in [-0.2, -0.15) is 0 Å². The molecule has 0 aliphatic heterocycles. The van der Waals surface area contributed by atoms with E-state index in [4.69, 9.17) is 12.6 Å². The topological polar surface area (TPSA) is 0 Å². The second-order valence-corrected chi connectivity index (χ2v) is 7.29. The Kier molecular flexibility index (Phi) is 2.55. The number of benzene rings is 1. The van der Waals surface area contributed by atoms with Gasteiger partial charge in [-0.05, 0) is 72.8 Å². The summed E-state index contributed by atoms with van der Waals surface area (Å²) in [5.74, 6) is 3.86. The average Bonchev–Trinajstić information content (AvgIpc) is 2.37. The molecule has 5 rings (SSSR count). The molecule has 0 aromatic heterocycles. The van der Waals surface area contributed by atoms with Crippen LogP contribution in [-0.4, -0.2) is 0 Å². The highest BCUT2D eigenvalue weighted by Gasteiger charge is 2.51. The summed E-state index contributed by atoms with van der Waals surface area (Å²) < 4.78 is 0. The Bertz CT molecular complexity index is 427. The van der Waals surface area contributed by atoms with Gasteiger partial charge in [-0.15, -0.1) is 0 Å². The van der Waals surface area contributed by atoms with Gasteiger partial charge in [0.15, 0.2) is 0 Å². The first-order valence-corrected chi connectivity index (χ1v) is 8.03. The quantitative estimate of drug-likeness (QED) is 0.710. The lowest BCUT2D eigenvalue weighted by molar-refractivity contribution is -0.00548. The van der Waals surface area contributed by atoms with E-state index in [0.29, 0.717) is 5.41 Å². The molecule has 4 bridgehead atoms. The Morgan fingerprint density at radius 1 is 0.944 bits per heavy atom. The lowest BCUT2D eigenvalue weighted by Gasteiger charge is -2.57. The number of hydrogen-bond acceptors (Lipinski definition) is 0. The highest BCUT2D eigenvalue weighted by molar-refractivity contribution is 7.79. The molecule has 0 saturated heterocycles. The van der Waals surface area contributed by atoms with Gasteiger partial charge in [0.05, 0.1) is 0 Å². The van der Waals surface area contributed by atoms with E-state index in [-0.39, 0.29) is 0 Å². The van der Waals surface area contributed by atoms with Crippen molar-refractivity contribution in [3.63, 3.8) is 0 Å². The summed E-state index contributed by atoms with van der Waals surface area (Å²) >= 11 is 5.36. The van der Waals surface area contributed by atoms with Crippen LogP contribution in [0.1, 0.15) is 49.7 Å². The first-order chi connectivity index (χ1) is 8.79. The smallest absolute Gasteiger partial charge is 0.0291 e. The van der Waals surface area contributed by atoms with Gasteiger partial charge in [0.1, 0.15) is 0 Å².